The van der Waals surface area contributed by atoms with Gasteiger partial charge >= 0.3 is 23.1 Å². The summed E-state index contributed by atoms with van der Waals surface area (Å²) in [6.07, 6.45) is 14.1. The molecular weight excluding hydrogens is 321 g/mol. The maximum atomic E-state index is 10.9. The summed E-state index contributed by atoms with van der Waals surface area (Å²) in [5.74, 6) is 0. The molecule has 0 aliphatic carbocycles. The molecule has 1 N–H and O–H groups in total. The van der Waals surface area contributed by atoms with Gasteiger partial charge < -0.3 is 0 Å². The van der Waals surface area contributed by atoms with Gasteiger partial charge in [0.1, 0.15) is 0 Å². The van der Waals surface area contributed by atoms with E-state index in [0.29, 0.717) is 0 Å². The van der Waals surface area contributed by atoms with Crippen LogP contribution in [0.4, 0.5) is 0 Å². The molecule has 0 unspecified atom stereocenters. The molecule has 3 nitrogen and oxygen atoms in total. The van der Waals surface area contributed by atoms with E-state index in [1.807, 2.05) is 0 Å². The number of hydrogen-bond donors (Lipinski definition) is 1. The molecule has 5 heteroatoms. The molecule has 0 aliphatic heterocycles. The van der Waals surface area contributed by atoms with Crippen LogP contribution in [0, 0.1) is 0 Å². The highest BCUT2D eigenvalue weighted by Gasteiger charge is 2.08. The van der Waals surface area contributed by atoms with Gasteiger partial charge in [0.05, 0.1) is 4.90 Å². The highest BCUT2D eigenvalue weighted by atomic mass is 32.2. The van der Waals surface area contributed by atoms with Gasteiger partial charge in [0.2, 0.25) is 0 Å². The normalized spacial score (nSPS) is 11.2. The van der Waals surface area contributed by atoms with Gasteiger partial charge in [0.25, 0.3) is 10.1 Å². The molecule has 1 aromatic rings. The van der Waals surface area contributed by atoms with Crippen LogP contribution in [-0.2, 0) is 16.5 Å². The van der Waals surface area contributed by atoms with E-state index in [4.69, 9.17) is 4.55 Å². The molecule has 0 atom stereocenters. The number of hydrogen-bond acceptors (Lipinski definition) is 2. The van der Waals surface area contributed by atoms with Crippen molar-refractivity contribution in [1.82, 2.24) is 0 Å². The van der Waals surface area contributed by atoms with E-state index >= 15 is 0 Å². The Balaban J connectivity index is 0.00000484. The largest absolute Gasteiger partial charge is 0.316 e. The van der Waals surface area contributed by atoms with Crippen molar-refractivity contribution in [3.63, 3.8) is 0 Å². The smallest absolute Gasteiger partial charge is 0.282 e. The fraction of sp³-hybridized carbons (Fsp3) is 0.667. The van der Waals surface area contributed by atoms with Crippen LogP contribution in [0.5, 0.6) is 0 Å². The van der Waals surface area contributed by atoms with Gasteiger partial charge in [-0.05, 0) is 30.5 Å². The highest BCUT2D eigenvalue weighted by molar-refractivity contribution is 7.85. The van der Waals surface area contributed by atoms with Gasteiger partial charge in [-0.25, -0.2) is 0 Å². The molecule has 0 aromatic heterocycles. The van der Waals surface area contributed by atoms with Crippen molar-refractivity contribution in [2.75, 3.05) is 0 Å². The average Bonchev–Trinajstić information content (AvgIpc) is 2.49. The highest BCUT2D eigenvalue weighted by Crippen LogP contribution is 2.14. The summed E-state index contributed by atoms with van der Waals surface area (Å²) in [5, 5.41) is 0. The monoisotopic (exact) mass is 352 g/mol. The molecule has 0 saturated heterocycles. The third-order valence-corrected chi connectivity index (χ3v) is 4.91. The van der Waals surface area contributed by atoms with Crippen LogP contribution >= 0.6 is 0 Å². The second-order valence-electron chi connectivity index (χ2n) is 6.05. The number of rotatable bonds is 12. The van der Waals surface area contributed by atoms with E-state index in [-0.39, 0.29) is 27.9 Å². The van der Waals surface area contributed by atoms with Crippen molar-refractivity contribution in [2.45, 2.75) is 82.4 Å². The number of unbranched alkanes of at least 4 members (excludes halogenated alkanes) is 9. The minimum absolute atomic E-state index is 0. The van der Waals surface area contributed by atoms with Crippen LogP contribution in [-0.4, -0.2) is 36.0 Å². The van der Waals surface area contributed by atoms with E-state index in [9.17, 15) is 8.42 Å². The fourth-order valence-corrected chi connectivity index (χ4v) is 3.12. The summed E-state index contributed by atoms with van der Waals surface area (Å²) < 4.78 is 30.8. The van der Waals surface area contributed by atoms with Gasteiger partial charge in [0.15, 0.2) is 0 Å². The maximum Gasteiger partial charge on any atom is 0.316 e. The zero-order valence-corrected chi connectivity index (χ0v) is 14.6. The zero-order chi connectivity index (χ0) is 16.3. The third kappa shape index (κ3) is 11.1. The Morgan fingerprint density at radius 2 is 1.22 bits per heavy atom. The van der Waals surface area contributed by atoms with Gasteiger partial charge in [-0.2, -0.15) is 8.42 Å². The van der Waals surface area contributed by atoms with Crippen molar-refractivity contribution in [3.8, 4) is 0 Å². The number of benzene rings is 1. The van der Waals surface area contributed by atoms with Crippen molar-refractivity contribution >= 4 is 33.2 Å². The molecule has 0 aliphatic rings. The first kappa shape index (κ1) is 22.9. The van der Waals surface area contributed by atoms with Crippen LogP contribution in [0.25, 0.3) is 0 Å². The lowest BCUT2D eigenvalue weighted by molar-refractivity contribution is 0.483. The Labute approximate surface area is 158 Å². The van der Waals surface area contributed by atoms with E-state index in [2.05, 4.69) is 6.92 Å². The van der Waals surface area contributed by atoms with Crippen molar-refractivity contribution in [1.29, 1.82) is 0 Å². The van der Waals surface area contributed by atoms with Gasteiger partial charge in [-0.3, -0.25) is 4.55 Å². The first-order valence-electron chi connectivity index (χ1n) is 8.60. The summed E-state index contributed by atoms with van der Waals surface area (Å²) in [6.45, 7) is 2.25. The molecule has 0 bridgehead atoms. The summed E-state index contributed by atoms with van der Waals surface area (Å²) in [4.78, 5) is -0.0284. The molecule has 0 heterocycles. The SMILES string of the molecule is CCCCCCCCCCCCc1ccc(S(=O)(=O)O)cc1.[MgH2]. The predicted octanol–water partition coefficient (Wildman–Crippen LogP) is 4.48. The second-order valence-corrected chi connectivity index (χ2v) is 7.47. The molecule has 1 aromatic carbocycles. The van der Waals surface area contributed by atoms with Crippen LogP contribution in [0.3, 0.4) is 0 Å². The Kier molecular flexibility index (Phi) is 13.2. The van der Waals surface area contributed by atoms with Crippen molar-refractivity contribution < 1.29 is 13.0 Å². The van der Waals surface area contributed by atoms with E-state index in [1.165, 1.54) is 69.9 Å². The first-order chi connectivity index (χ1) is 10.5. The van der Waals surface area contributed by atoms with Crippen LogP contribution in [0.2, 0.25) is 0 Å². The van der Waals surface area contributed by atoms with Gasteiger partial charge in [-0.15, -0.1) is 0 Å². The fourth-order valence-electron chi connectivity index (χ4n) is 2.64. The number of aryl methyl sites for hydroxylation is 1. The lowest BCUT2D eigenvalue weighted by atomic mass is 10.0. The summed E-state index contributed by atoms with van der Waals surface area (Å²) in [7, 11) is -4.06. The summed E-state index contributed by atoms with van der Waals surface area (Å²) in [5.41, 5.74) is 1.13. The zero-order valence-electron chi connectivity index (χ0n) is 13.8. The minimum Gasteiger partial charge on any atom is -0.282 e. The van der Waals surface area contributed by atoms with Crippen molar-refractivity contribution in [2.24, 2.45) is 0 Å². The Hall–Kier alpha value is -0.104. The van der Waals surface area contributed by atoms with Gasteiger partial charge in [-0.1, -0.05) is 76.8 Å². The molecule has 0 spiro atoms. The lowest BCUT2D eigenvalue weighted by Crippen LogP contribution is -1.98. The maximum absolute atomic E-state index is 10.9. The Morgan fingerprint density at radius 3 is 1.65 bits per heavy atom. The van der Waals surface area contributed by atoms with Crippen molar-refractivity contribution in [3.05, 3.63) is 29.8 Å². The van der Waals surface area contributed by atoms with Crippen LogP contribution in [0.1, 0.15) is 76.7 Å². The topological polar surface area (TPSA) is 54.4 Å². The van der Waals surface area contributed by atoms with Crippen LogP contribution in [0.15, 0.2) is 29.2 Å². The van der Waals surface area contributed by atoms with E-state index in [0.717, 1.165) is 18.4 Å². The molecule has 0 fully saturated rings. The molecule has 0 radical (unpaired) electrons. The van der Waals surface area contributed by atoms with E-state index in [1.54, 1.807) is 12.1 Å². The molecule has 130 valence electrons. The summed E-state index contributed by atoms with van der Waals surface area (Å²) >= 11 is 0. The summed E-state index contributed by atoms with van der Waals surface area (Å²) in [6, 6.07) is 6.52. The Morgan fingerprint density at radius 1 is 0.783 bits per heavy atom. The second kappa shape index (κ2) is 13.2. The molecule has 0 amide bonds. The quantitative estimate of drug-likeness (QED) is 0.343. The third-order valence-electron chi connectivity index (χ3n) is 4.04. The molecule has 23 heavy (non-hydrogen) atoms. The first-order valence-corrected chi connectivity index (χ1v) is 10.0. The van der Waals surface area contributed by atoms with Gasteiger partial charge in [0, 0.05) is 0 Å². The predicted molar refractivity (Wildman–Crippen MR) is 100 cm³/mol. The average molecular weight is 353 g/mol. The van der Waals surface area contributed by atoms with E-state index < -0.39 is 10.1 Å². The lowest BCUT2D eigenvalue weighted by Gasteiger charge is -2.04. The van der Waals surface area contributed by atoms with Crippen LogP contribution < -0.4 is 0 Å². The Bertz CT molecular complexity index is 498. The molecule has 0 saturated carbocycles. The molecular formula is C18H32MgO3S. The minimum atomic E-state index is -4.06. The standard InChI is InChI=1S/C18H30O3S.Mg.2H/c1-2-3-4-5-6-7-8-9-10-11-12-17-13-15-18(16-14-17)22(19,20)21;;;/h13-16H,2-12H2,1H3,(H,19,20,21);;;. The molecule has 1 rings (SSSR count).